The fraction of sp³-hybridized carbons (Fsp3) is 0.538. The Morgan fingerprint density at radius 1 is 1.28 bits per heavy atom. The standard InChI is InChI=1S/C13H17BrFNO2/c1-17-12-8(14)7-9(15)11(13(12)18-2)10-5-3-4-6-16-10/h7,10,16H,3-6H2,1-2H3. The lowest BCUT2D eigenvalue weighted by Gasteiger charge is -2.26. The Hall–Kier alpha value is -0.810. The van der Waals surface area contributed by atoms with E-state index in [0.717, 1.165) is 25.8 Å². The highest BCUT2D eigenvalue weighted by atomic mass is 79.9. The van der Waals surface area contributed by atoms with Crippen LogP contribution in [0, 0.1) is 5.82 Å². The molecule has 1 N–H and O–H groups in total. The highest BCUT2D eigenvalue weighted by molar-refractivity contribution is 9.10. The Morgan fingerprint density at radius 3 is 2.56 bits per heavy atom. The topological polar surface area (TPSA) is 30.5 Å². The lowest BCUT2D eigenvalue weighted by Crippen LogP contribution is -2.28. The van der Waals surface area contributed by atoms with E-state index in [-0.39, 0.29) is 11.9 Å². The quantitative estimate of drug-likeness (QED) is 0.926. The zero-order valence-electron chi connectivity index (χ0n) is 10.6. The van der Waals surface area contributed by atoms with E-state index in [0.29, 0.717) is 21.5 Å². The zero-order valence-corrected chi connectivity index (χ0v) is 12.1. The van der Waals surface area contributed by atoms with Crippen molar-refractivity contribution in [2.45, 2.75) is 25.3 Å². The molecule has 0 aliphatic carbocycles. The minimum absolute atomic E-state index is 0.00398. The van der Waals surface area contributed by atoms with Gasteiger partial charge in [-0.25, -0.2) is 4.39 Å². The summed E-state index contributed by atoms with van der Waals surface area (Å²) in [7, 11) is 3.09. The molecule has 1 aromatic carbocycles. The molecule has 5 heteroatoms. The van der Waals surface area contributed by atoms with Gasteiger partial charge in [-0.15, -0.1) is 0 Å². The van der Waals surface area contributed by atoms with E-state index in [1.165, 1.54) is 13.2 Å². The van der Waals surface area contributed by atoms with E-state index in [1.54, 1.807) is 7.11 Å². The maximum atomic E-state index is 14.2. The minimum Gasteiger partial charge on any atom is -0.492 e. The number of rotatable bonds is 3. The van der Waals surface area contributed by atoms with Gasteiger partial charge in [-0.2, -0.15) is 0 Å². The molecule has 0 saturated carbocycles. The maximum Gasteiger partial charge on any atom is 0.175 e. The number of benzene rings is 1. The molecule has 1 aromatic rings. The van der Waals surface area contributed by atoms with Gasteiger partial charge < -0.3 is 14.8 Å². The van der Waals surface area contributed by atoms with Crippen LogP contribution in [0.4, 0.5) is 4.39 Å². The third-order valence-electron chi connectivity index (χ3n) is 3.25. The van der Waals surface area contributed by atoms with Crippen LogP contribution < -0.4 is 14.8 Å². The summed E-state index contributed by atoms with van der Waals surface area (Å²) < 4.78 is 25.4. The molecule has 0 bridgehead atoms. The van der Waals surface area contributed by atoms with Gasteiger partial charge in [-0.3, -0.25) is 0 Å². The summed E-state index contributed by atoms with van der Waals surface area (Å²) >= 11 is 3.29. The Kier molecular flexibility index (Phi) is 4.45. The van der Waals surface area contributed by atoms with Crippen molar-refractivity contribution >= 4 is 15.9 Å². The molecule has 18 heavy (non-hydrogen) atoms. The summed E-state index contributed by atoms with van der Waals surface area (Å²) in [4.78, 5) is 0. The van der Waals surface area contributed by atoms with E-state index in [4.69, 9.17) is 9.47 Å². The van der Waals surface area contributed by atoms with E-state index in [1.807, 2.05) is 0 Å². The van der Waals surface area contributed by atoms with Crippen molar-refractivity contribution in [2.75, 3.05) is 20.8 Å². The van der Waals surface area contributed by atoms with Gasteiger partial charge in [0.05, 0.1) is 24.3 Å². The number of ether oxygens (including phenoxy) is 2. The monoisotopic (exact) mass is 317 g/mol. The smallest absolute Gasteiger partial charge is 0.175 e. The van der Waals surface area contributed by atoms with Gasteiger partial charge in [-0.05, 0) is 41.4 Å². The van der Waals surface area contributed by atoms with Crippen molar-refractivity contribution in [1.82, 2.24) is 5.32 Å². The number of methoxy groups -OCH3 is 2. The van der Waals surface area contributed by atoms with Gasteiger partial charge in [0, 0.05) is 6.04 Å². The maximum absolute atomic E-state index is 14.2. The van der Waals surface area contributed by atoms with Gasteiger partial charge in [0.15, 0.2) is 11.5 Å². The van der Waals surface area contributed by atoms with E-state index < -0.39 is 0 Å². The van der Waals surface area contributed by atoms with Crippen LogP contribution in [-0.4, -0.2) is 20.8 Å². The molecule has 1 unspecified atom stereocenters. The highest BCUT2D eigenvalue weighted by Gasteiger charge is 2.26. The predicted octanol–water partition coefficient (Wildman–Crippen LogP) is 3.42. The molecule has 1 fully saturated rings. The first-order valence-corrected chi connectivity index (χ1v) is 6.81. The summed E-state index contributed by atoms with van der Waals surface area (Å²) in [5.74, 6) is 0.754. The lowest BCUT2D eigenvalue weighted by atomic mass is 9.96. The molecule has 0 spiro atoms. The zero-order chi connectivity index (χ0) is 13.1. The second kappa shape index (κ2) is 5.89. The van der Waals surface area contributed by atoms with Gasteiger partial charge in [0.2, 0.25) is 0 Å². The van der Waals surface area contributed by atoms with Crippen LogP contribution in [0.3, 0.4) is 0 Å². The fourth-order valence-electron chi connectivity index (χ4n) is 2.41. The Labute approximate surface area is 115 Å². The molecule has 2 rings (SSSR count). The average molecular weight is 318 g/mol. The van der Waals surface area contributed by atoms with Crippen LogP contribution in [0.1, 0.15) is 30.9 Å². The van der Waals surface area contributed by atoms with E-state index in [2.05, 4.69) is 21.2 Å². The Morgan fingerprint density at radius 2 is 2.00 bits per heavy atom. The number of piperidine rings is 1. The first-order valence-electron chi connectivity index (χ1n) is 6.02. The molecule has 1 aliphatic rings. The largest absolute Gasteiger partial charge is 0.492 e. The summed E-state index contributed by atoms with van der Waals surface area (Å²) in [5.41, 5.74) is 0.567. The molecule has 0 radical (unpaired) electrons. The molecule has 0 amide bonds. The third kappa shape index (κ3) is 2.47. The van der Waals surface area contributed by atoms with Gasteiger partial charge in [0.25, 0.3) is 0 Å². The van der Waals surface area contributed by atoms with Gasteiger partial charge in [0.1, 0.15) is 5.82 Å². The minimum atomic E-state index is -0.265. The molecule has 3 nitrogen and oxygen atoms in total. The van der Waals surface area contributed by atoms with Crippen molar-refractivity contribution in [3.63, 3.8) is 0 Å². The second-order valence-electron chi connectivity index (χ2n) is 4.32. The number of hydrogen-bond donors (Lipinski definition) is 1. The molecule has 1 saturated heterocycles. The highest BCUT2D eigenvalue weighted by Crippen LogP contribution is 2.43. The molecule has 1 heterocycles. The third-order valence-corrected chi connectivity index (χ3v) is 3.83. The van der Waals surface area contributed by atoms with Crippen LogP contribution in [-0.2, 0) is 0 Å². The summed E-state index contributed by atoms with van der Waals surface area (Å²) in [6.07, 6.45) is 3.14. The molecule has 1 atom stereocenters. The van der Waals surface area contributed by atoms with Crippen LogP contribution >= 0.6 is 15.9 Å². The predicted molar refractivity (Wildman–Crippen MR) is 71.8 cm³/mol. The first kappa shape index (κ1) is 13.6. The number of halogens is 2. The normalized spacial score (nSPS) is 19.7. The molecule has 1 aliphatic heterocycles. The van der Waals surface area contributed by atoms with Crippen LogP contribution in [0.25, 0.3) is 0 Å². The molecular weight excluding hydrogens is 301 g/mol. The molecule has 0 aromatic heterocycles. The van der Waals surface area contributed by atoms with Crippen LogP contribution in [0.15, 0.2) is 10.5 Å². The van der Waals surface area contributed by atoms with Crippen molar-refractivity contribution < 1.29 is 13.9 Å². The Bertz CT molecular complexity index is 433. The van der Waals surface area contributed by atoms with Crippen molar-refractivity contribution in [2.24, 2.45) is 0 Å². The molecular formula is C13H17BrFNO2. The fourth-order valence-corrected chi connectivity index (χ4v) is 2.95. The van der Waals surface area contributed by atoms with E-state index in [9.17, 15) is 4.39 Å². The van der Waals surface area contributed by atoms with Crippen LogP contribution in [0.5, 0.6) is 11.5 Å². The summed E-state index contributed by atoms with van der Waals surface area (Å²) in [6.45, 7) is 0.908. The summed E-state index contributed by atoms with van der Waals surface area (Å²) in [6, 6.07) is 1.43. The SMILES string of the molecule is COc1c(Br)cc(F)c(C2CCCCN2)c1OC. The van der Waals surface area contributed by atoms with Gasteiger partial charge >= 0.3 is 0 Å². The molecule has 100 valence electrons. The second-order valence-corrected chi connectivity index (χ2v) is 5.18. The number of nitrogens with one attached hydrogen (secondary N) is 1. The average Bonchev–Trinajstić information content (AvgIpc) is 2.38. The van der Waals surface area contributed by atoms with Gasteiger partial charge in [-0.1, -0.05) is 6.42 Å². The first-order chi connectivity index (χ1) is 8.69. The lowest BCUT2D eigenvalue weighted by molar-refractivity contribution is 0.329. The number of hydrogen-bond acceptors (Lipinski definition) is 3. The van der Waals surface area contributed by atoms with Crippen LogP contribution in [0.2, 0.25) is 0 Å². The Balaban J connectivity index is 2.49. The van der Waals surface area contributed by atoms with Crippen molar-refractivity contribution in [3.05, 3.63) is 21.9 Å². The summed E-state index contributed by atoms with van der Waals surface area (Å²) in [5, 5.41) is 3.33. The van der Waals surface area contributed by atoms with Crippen molar-refractivity contribution in [1.29, 1.82) is 0 Å². The van der Waals surface area contributed by atoms with E-state index >= 15 is 0 Å². The van der Waals surface area contributed by atoms with Crippen molar-refractivity contribution in [3.8, 4) is 11.5 Å².